The van der Waals surface area contributed by atoms with E-state index in [1.807, 2.05) is 0 Å². The van der Waals surface area contributed by atoms with E-state index < -0.39 is 11.3 Å². The lowest BCUT2D eigenvalue weighted by Crippen LogP contribution is -2.65. The minimum absolute atomic E-state index is 0.0952. The minimum atomic E-state index is -0.924. The van der Waals surface area contributed by atoms with Crippen molar-refractivity contribution < 1.29 is 14.4 Å². The maximum absolute atomic E-state index is 11.3. The molecule has 0 saturated carbocycles. The summed E-state index contributed by atoms with van der Waals surface area (Å²) in [4.78, 5) is 35.5. The Hall–Kier alpha value is -1.99. The zero-order valence-electron chi connectivity index (χ0n) is 8.59. The first-order valence-corrected chi connectivity index (χ1v) is 4.93. The SMILES string of the molecule is CC(=O)N1CC23NC(=O)NC2(C1)NC(=O)N3. The largest absolute Gasteiger partial charge is 0.334 e. The molecule has 0 spiro atoms. The number of carbonyl (C=O) groups is 3. The van der Waals surface area contributed by atoms with Crippen molar-refractivity contribution in [2.45, 2.75) is 18.2 Å². The van der Waals surface area contributed by atoms with Gasteiger partial charge in [0.25, 0.3) is 0 Å². The zero-order valence-corrected chi connectivity index (χ0v) is 8.59. The van der Waals surface area contributed by atoms with E-state index in [2.05, 4.69) is 21.3 Å². The molecular weight excluding hydrogens is 214 g/mol. The molecule has 0 aromatic heterocycles. The number of nitrogens with zero attached hydrogens (tertiary/aromatic N) is 1. The molecule has 16 heavy (non-hydrogen) atoms. The van der Waals surface area contributed by atoms with E-state index in [1.165, 1.54) is 6.92 Å². The second kappa shape index (κ2) is 2.39. The van der Waals surface area contributed by atoms with Crippen molar-refractivity contribution in [3.63, 3.8) is 0 Å². The van der Waals surface area contributed by atoms with Crippen molar-refractivity contribution >= 4 is 18.0 Å². The molecule has 0 radical (unpaired) electrons. The van der Waals surface area contributed by atoms with Gasteiger partial charge in [-0.05, 0) is 0 Å². The Morgan fingerprint density at radius 1 is 1.06 bits per heavy atom. The summed E-state index contributed by atoms with van der Waals surface area (Å²) in [6.45, 7) is 1.98. The molecule has 4 N–H and O–H groups in total. The normalized spacial score (nSPS) is 39.4. The van der Waals surface area contributed by atoms with Crippen molar-refractivity contribution in [2.24, 2.45) is 0 Å². The van der Waals surface area contributed by atoms with Crippen LogP contribution in [-0.4, -0.2) is 47.3 Å². The topological polar surface area (TPSA) is 103 Å². The molecule has 3 fully saturated rings. The van der Waals surface area contributed by atoms with Gasteiger partial charge in [-0.25, -0.2) is 9.59 Å². The Bertz CT molecular complexity index is 372. The average molecular weight is 225 g/mol. The van der Waals surface area contributed by atoms with Gasteiger partial charge in [-0.2, -0.15) is 0 Å². The highest BCUT2D eigenvalue weighted by Gasteiger charge is 2.69. The number of carbonyl (C=O) groups excluding carboxylic acids is 3. The molecule has 0 aromatic carbocycles. The molecule has 0 atom stereocenters. The number of hydrogen-bond acceptors (Lipinski definition) is 3. The predicted molar refractivity (Wildman–Crippen MR) is 51.1 cm³/mol. The number of urea groups is 2. The summed E-state index contributed by atoms with van der Waals surface area (Å²) in [6.07, 6.45) is 0. The van der Waals surface area contributed by atoms with Crippen molar-refractivity contribution in [2.75, 3.05) is 13.1 Å². The van der Waals surface area contributed by atoms with Gasteiger partial charge in [-0.3, -0.25) is 4.79 Å². The Morgan fingerprint density at radius 2 is 1.44 bits per heavy atom. The van der Waals surface area contributed by atoms with E-state index in [-0.39, 0.29) is 31.1 Å². The standard InChI is InChI=1S/C8H11N5O3/c1-4(14)13-2-7-8(3-13,11-5(15)9-7)12-6(16)10-7/h2-3H2,1H3,(H2,9,11,15)(H2,10,12,16). The predicted octanol–water partition coefficient (Wildman–Crippen LogP) is -2.13. The molecule has 3 aliphatic heterocycles. The first-order valence-electron chi connectivity index (χ1n) is 4.93. The number of hydrogen-bond donors (Lipinski definition) is 4. The van der Waals surface area contributed by atoms with Crippen molar-refractivity contribution in [3.05, 3.63) is 0 Å². The fraction of sp³-hybridized carbons (Fsp3) is 0.625. The van der Waals surface area contributed by atoms with Crippen molar-refractivity contribution in [1.82, 2.24) is 26.2 Å². The van der Waals surface area contributed by atoms with Gasteiger partial charge in [0.2, 0.25) is 5.91 Å². The van der Waals surface area contributed by atoms with Crippen LogP contribution in [0.25, 0.3) is 0 Å². The molecule has 0 unspecified atom stereocenters. The second-order valence-corrected chi connectivity index (χ2v) is 4.34. The molecule has 8 heteroatoms. The molecule has 3 rings (SSSR count). The quantitative estimate of drug-likeness (QED) is 0.378. The Balaban J connectivity index is 2.00. The monoisotopic (exact) mass is 225 g/mol. The molecule has 8 nitrogen and oxygen atoms in total. The van der Waals surface area contributed by atoms with Gasteiger partial charge < -0.3 is 26.2 Å². The smallest absolute Gasteiger partial charge is 0.318 e. The Morgan fingerprint density at radius 3 is 1.75 bits per heavy atom. The van der Waals surface area contributed by atoms with E-state index in [0.717, 1.165) is 0 Å². The van der Waals surface area contributed by atoms with Crippen LogP contribution in [0, 0.1) is 0 Å². The van der Waals surface area contributed by atoms with Crippen LogP contribution in [-0.2, 0) is 4.79 Å². The first kappa shape index (κ1) is 9.25. The lowest BCUT2D eigenvalue weighted by atomic mass is 10.0. The molecule has 86 valence electrons. The van der Waals surface area contributed by atoms with Gasteiger partial charge in [0.15, 0.2) is 11.3 Å². The molecule has 0 aliphatic carbocycles. The van der Waals surface area contributed by atoms with Gasteiger partial charge in [0, 0.05) is 6.92 Å². The maximum Gasteiger partial charge on any atom is 0.318 e. The fourth-order valence-electron chi connectivity index (χ4n) is 2.61. The van der Waals surface area contributed by atoms with Gasteiger partial charge >= 0.3 is 12.1 Å². The number of rotatable bonds is 0. The highest BCUT2D eigenvalue weighted by molar-refractivity contribution is 5.90. The van der Waals surface area contributed by atoms with Crippen LogP contribution in [0.15, 0.2) is 0 Å². The molecule has 3 aliphatic rings. The van der Waals surface area contributed by atoms with Crippen LogP contribution < -0.4 is 21.3 Å². The van der Waals surface area contributed by atoms with E-state index in [9.17, 15) is 14.4 Å². The first-order chi connectivity index (χ1) is 7.46. The molecule has 5 amide bonds. The summed E-state index contributed by atoms with van der Waals surface area (Å²) in [5.74, 6) is -0.0952. The highest BCUT2D eigenvalue weighted by Crippen LogP contribution is 2.34. The van der Waals surface area contributed by atoms with Gasteiger partial charge in [0.05, 0.1) is 13.1 Å². The third-order valence-electron chi connectivity index (χ3n) is 3.34. The lowest BCUT2D eigenvalue weighted by molar-refractivity contribution is -0.128. The highest BCUT2D eigenvalue weighted by atomic mass is 16.2. The van der Waals surface area contributed by atoms with Gasteiger partial charge in [-0.1, -0.05) is 0 Å². The van der Waals surface area contributed by atoms with E-state index >= 15 is 0 Å². The van der Waals surface area contributed by atoms with Crippen LogP contribution in [0.4, 0.5) is 9.59 Å². The molecular formula is C8H11N5O3. The average Bonchev–Trinajstić information content (AvgIpc) is 2.57. The molecule has 3 heterocycles. The lowest BCUT2D eigenvalue weighted by Gasteiger charge is -2.27. The summed E-state index contributed by atoms with van der Waals surface area (Å²) in [5, 5.41) is 10.6. The van der Waals surface area contributed by atoms with Crippen LogP contribution in [0.3, 0.4) is 0 Å². The zero-order chi connectivity index (χ0) is 11.6. The molecule has 3 saturated heterocycles. The number of nitrogens with one attached hydrogen (secondary N) is 4. The second-order valence-electron chi connectivity index (χ2n) is 4.34. The van der Waals surface area contributed by atoms with E-state index in [0.29, 0.717) is 0 Å². The summed E-state index contributed by atoms with van der Waals surface area (Å²) in [7, 11) is 0. The van der Waals surface area contributed by atoms with Gasteiger partial charge in [-0.15, -0.1) is 0 Å². The van der Waals surface area contributed by atoms with Crippen LogP contribution in [0.5, 0.6) is 0 Å². The Labute approximate surface area is 90.7 Å². The number of amides is 5. The van der Waals surface area contributed by atoms with E-state index in [1.54, 1.807) is 4.90 Å². The van der Waals surface area contributed by atoms with Gasteiger partial charge in [0.1, 0.15) is 0 Å². The summed E-state index contributed by atoms with van der Waals surface area (Å²) < 4.78 is 0. The molecule has 0 aromatic rings. The maximum atomic E-state index is 11.3. The third-order valence-corrected chi connectivity index (χ3v) is 3.34. The molecule has 0 bridgehead atoms. The number of likely N-dealkylation sites (tertiary alicyclic amines) is 1. The summed E-state index contributed by atoms with van der Waals surface area (Å²) >= 11 is 0. The Kier molecular flexibility index (Phi) is 1.38. The summed E-state index contributed by atoms with van der Waals surface area (Å²) in [6, 6.07) is -0.702. The van der Waals surface area contributed by atoms with Crippen molar-refractivity contribution in [3.8, 4) is 0 Å². The van der Waals surface area contributed by atoms with E-state index in [4.69, 9.17) is 0 Å². The van der Waals surface area contributed by atoms with Crippen molar-refractivity contribution in [1.29, 1.82) is 0 Å². The third kappa shape index (κ3) is 0.866. The van der Waals surface area contributed by atoms with Crippen LogP contribution in [0.1, 0.15) is 6.92 Å². The van der Waals surface area contributed by atoms with Crippen LogP contribution >= 0.6 is 0 Å². The van der Waals surface area contributed by atoms with Crippen LogP contribution in [0.2, 0.25) is 0 Å². The fourth-order valence-corrected chi connectivity index (χ4v) is 2.61. The minimum Gasteiger partial charge on any atom is -0.334 e. The summed E-state index contributed by atoms with van der Waals surface area (Å²) in [5.41, 5.74) is -1.85.